The van der Waals surface area contributed by atoms with Gasteiger partial charge in [0, 0.05) is 22.4 Å². The van der Waals surface area contributed by atoms with E-state index in [2.05, 4.69) is 95.2 Å². The average Bonchev–Trinajstić information content (AvgIpc) is 3.05. The molecule has 0 N–H and O–H groups in total. The van der Waals surface area contributed by atoms with Gasteiger partial charge in [-0.25, -0.2) is 0 Å². The minimum Gasteiger partial charge on any atom is -0.269 e. The van der Waals surface area contributed by atoms with Crippen LogP contribution in [0.1, 0.15) is 42.0 Å². The highest BCUT2D eigenvalue weighted by Gasteiger charge is 2.13. The Kier molecular flexibility index (Phi) is 5.91. The first kappa shape index (κ1) is 20.4. The average molecular weight is 515 g/mol. The van der Waals surface area contributed by atoms with Crippen molar-refractivity contribution in [1.82, 2.24) is 0 Å². The van der Waals surface area contributed by atoms with E-state index in [0.717, 1.165) is 12.8 Å². The van der Waals surface area contributed by atoms with E-state index >= 15 is 0 Å². The van der Waals surface area contributed by atoms with Crippen LogP contribution >= 0.6 is 22.6 Å². The van der Waals surface area contributed by atoms with Crippen LogP contribution in [0.3, 0.4) is 0 Å². The van der Waals surface area contributed by atoms with Gasteiger partial charge in [0.2, 0.25) is 0 Å². The Bertz CT molecular complexity index is 1430. The number of aliphatic imine (C=N–C) groups is 1. The Morgan fingerprint density at radius 1 is 0.839 bits per heavy atom. The molecule has 0 bridgehead atoms. The number of benzene rings is 3. The largest absolute Gasteiger partial charge is 0.269 e. The molecular weight excluding hydrogens is 489 g/mol. The first-order chi connectivity index (χ1) is 15.2. The Labute approximate surface area is 197 Å². The molecule has 2 aliphatic carbocycles. The van der Waals surface area contributed by atoms with Crippen molar-refractivity contribution >= 4 is 46.5 Å². The van der Waals surface area contributed by atoms with Crippen molar-refractivity contribution < 1.29 is 0 Å². The van der Waals surface area contributed by atoms with Gasteiger partial charge in [-0.3, -0.25) is 4.99 Å². The molecule has 0 aromatic heterocycles. The summed E-state index contributed by atoms with van der Waals surface area (Å²) in [6.07, 6.45) is 14.1. The van der Waals surface area contributed by atoms with E-state index in [-0.39, 0.29) is 0 Å². The minimum atomic E-state index is 0.948. The van der Waals surface area contributed by atoms with Crippen molar-refractivity contribution in [1.29, 1.82) is 0 Å². The van der Waals surface area contributed by atoms with Gasteiger partial charge in [-0.15, -0.1) is 0 Å². The lowest BCUT2D eigenvalue weighted by molar-refractivity contribution is 0.805. The molecule has 31 heavy (non-hydrogen) atoms. The normalized spacial score (nSPS) is 15.4. The molecule has 0 spiro atoms. The predicted molar refractivity (Wildman–Crippen MR) is 140 cm³/mol. The van der Waals surface area contributed by atoms with Crippen LogP contribution in [0.5, 0.6) is 0 Å². The molecule has 0 saturated heterocycles. The highest BCUT2D eigenvalue weighted by Crippen LogP contribution is 2.21. The zero-order valence-corrected chi connectivity index (χ0v) is 20.0. The molecule has 2 heteroatoms. The second-order valence-corrected chi connectivity index (χ2v) is 9.69. The summed E-state index contributed by atoms with van der Waals surface area (Å²) in [4.78, 5) is 4.08. The summed E-state index contributed by atoms with van der Waals surface area (Å²) in [7, 11) is 0. The first-order valence-electron chi connectivity index (χ1n) is 11.1. The van der Waals surface area contributed by atoms with Gasteiger partial charge in [0.05, 0.1) is 0 Å². The zero-order valence-electron chi connectivity index (χ0n) is 17.9. The monoisotopic (exact) mass is 515 g/mol. The van der Waals surface area contributed by atoms with Crippen molar-refractivity contribution in [3.8, 4) is 0 Å². The highest BCUT2D eigenvalue weighted by atomic mass is 127. The summed E-state index contributed by atoms with van der Waals surface area (Å²) in [6.45, 7) is 2.30. The summed E-state index contributed by atoms with van der Waals surface area (Å²) in [5, 5.41) is 5.81. The summed E-state index contributed by atoms with van der Waals surface area (Å²) >= 11 is 2.40. The van der Waals surface area contributed by atoms with Crippen molar-refractivity contribution in [2.75, 3.05) is 0 Å². The lowest BCUT2D eigenvalue weighted by Gasteiger charge is -2.18. The third-order valence-corrected chi connectivity index (χ3v) is 7.18. The van der Waals surface area contributed by atoms with Crippen LogP contribution < -0.4 is 10.4 Å². The zero-order chi connectivity index (χ0) is 21.2. The summed E-state index contributed by atoms with van der Waals surface area (Å²) in [5.74, 6) is 0. The summed E-state index contributed by atoms with van der Waals surface area (Å²) in [5.41, 5.74) is 7.40. The molecule has 3 aromatic carbocycles. The van der Waals surface area contributed by atoms with Gasteiger partial charge in [0.1, 0.15) is 0 Å². The number of nitrogens with zero attached hydrogens (tertiary/aromatic N) is 1. The lowest BCUT2D eigenvalue weighted by atomic mass is 9.86. The van der Waals surface area contributed by atoms with Crippen LogP contribution in [0, 0.1) is 14.0 Å². The molecule has 154 valence electrons. The maximum absolute atomic E-state index is 4.08. The molecule has 0 amide bonds. The van der Waals surface area contributed by atoms with Crippen LogP contribution in [-0.4, -0.2) is 6.21 Å². The van der Waals surface area contributed by atoms with E-state index in [1.54, 1.807) is 16.7 Å². The van der Waals surface area contributed by atoms with E-state index < -0.39 is 0 Å². The summed E-state index contributed by atoms with van der Waals surface area (Å²) in [6, 6.07) is 19.9. The first-order valence-corrected chi connectivity index (χ1v) is 12.2. The summed E-state index contributed by atoms with van der Waals surface area (Å²) < 4.78 is 1.32. The quantitative estimate of drug-likeness (QED) is 0.341. The van der Waals surface area contributed by atoms with Crippen molar-refractivity contribution in [2.24, 2.45) is 4.99 Å². The van der Waals surface area contributed by atoms with Crippen LogP contribution in [0.15, 0.2) is 65.8 Å². The molecular formula is C29H26IN. The fourth-order valence-corrected chi connectivity index (χ4v) is 5.42. The number of fused-ring (bicyclic) bond motifs is 5. The van der Waals surface area contributed by atoms with Gasteiger partial charge in [0.25, 0.3) is 0 Å². The van der Waals surface area contributed by atoms with E-state index in [9.17, 15) is 0 Å². The maximum Gasteiger partial charge on any atom is 0.0270 e. The molecule has 0 radical (unpaired) electrons. The number of hydrogen-bond acceptors (Lipinski definition) is 1. The Morgan fingerprint density at radius 3 is 2.61 bits per heavy atom. The lowest BCUT2D eigenvalue weighted by Crippen LogP contribution is -2.21. The third-order valence-electron chi connectivity index (χ3n) is 6.51. The number of halogens is 1. The molecule has 1 aliphatic heterocycles. The van der Waals surface area contributed by atoms with Gasteiger partial charge in [-0.1, -0.05) is 54.1 Å². The number of hydrogen-bond donors (Lipinski definition) is 0. The van der Waals surface area contributed by atoms with Crippen molar-refractivity contribution in [2.45, 2.75) is 39.0 Å². The Balaban J connectivity index is 0.000000157. The molecule has 6 rings (SSSR count). The topological polar surface area (TPSA) is 12.4 Å². The maximum atomic E-state index is 4.08. The smallest absolute Gasteiger partial charge is 0.0270 e. The number of rotatable bonds is 0. The van der Waals surface area contributed by atoms with E-state index in [4.69, 9.17) is 0 Å². The molecule has 0 unspecified atom stereocenters. The third kappa shape index (κ3) is 4.18. The fourth-order valence-electron chi connectivity index (χ4n) is 4.91. The second-order valence-electron chi connectivity index (χ2n) is 8.44. The minimum absolute atomic E-state index is 0.948. The highest BCUT2D eigenvalue weighted by molar-refractivity contribution is 14.1. The van der Waals surface area contributed by atoms with Gasteiger partial charge in [-0.2, -0.15) is 0 Å². The van der Waals surface area contributed by atoms with Crippen molar-refractivity contribution in [3.05, 3.63) is 107 Å². The van der Waals surface area contributed by atoms with E-state index in [0.29, 0.717) is 0 Å². The standard InChI is InChI=1S/C19H17I.C10H9N/c1-12-3-2-4-17-15(12)9-10-18-16-8-6-14(20)11-13(16)5-7-19(17)18;1-2-4-10-6-8-11-7-5-9(10)3-1/h5-6,8-11H,2-4,7H2,1H3;1-5,7-8H,6H2. The second kappa shape index (κ2) is 8.96. The van der Waals surface area contributed by atoms with Crippen LogP contribution in [0.4, 0.5) is 0 Å². The molecule has 1 heterocycles. The van der Waals surface area contributed by atoms with Gasteiger partial charge in [0.15, 0.2) is 0 Å². The van der Waals surface area contributed by atoms with Gasteiger partial charge < -0.3 is 0 Å². The molecule has 1 nitrogen and oxygen atoms in total. The van der Waals surface area contributed by atoms with Crippen LogP contribution in [0.25, 0.3) is 17.7 Å². The van der Waals surface area contributed by atoms with E-state index in [1.165, 1.54) is 54.8 Å². The van der Waals surface area contributed by atoms with Gasteiger partial charge >= 0.3 is 0 Å². The molecule has 3 aromatic rings. The molecule has 0 fully saturated rings. The van der Waals surface area contributed by atoms with Crippen LogP contribution in [-0.2, 0) is 19.3 Å². The van der Waals surface area contributed by atoms with E-state index in [1.807, 2.05) is 18.5 Å². The van der Waals surface area contributed by atoms with Crippen LogP contribution in [0.2, 0.25) is 0 Å². The Hall–Kier alpha value is -2.46. The molecule has 0 saturated carbocycles. The predicted octanol–water partition coefficient (Wildman–Crippen LogP) is 5.71. The molecule has 3 aliphatic rings. The Morgan fingerprint density at radius 2 is 1.68 bits per heavy atom. The fraction of sp³-hybridized carbons (Fsp3) is 0.207. The van der Waals surface area contributed by atoms with Crippen molar-refractivity contribution in [3.63, 3.8) is 0 Å². The van der Waals surface area contributed by atoms with Gasteiger partial charge in [-0.05, 0) is 117 Å². The SMILES string of the molecule is C1=Cc2ccccc2CC=N1.CC1=c2ccc3c(c2CCC1)CC=c1cc(I)ccc1=3. The molecule has 0 atom stereocenters.